The van der Waals surface area contributed by atoms with Crippen LogP contribution in [0.2, 0.25) is 0 Å². The van der Waals surface area contributed by atoms with Crippen molar-refractivity contribution in [3.8, 4) is 0 Å². The van der Waals surface area contributed by atoms with Gasteiger partial charge >= 0.3 is 13.1 Å². The fourth-order valence-electron chi connectivity index (χ4n) is 2.22. The highest BCUT2D eigenvalue weighted by Crippen LogP contribution is 2.36. The molecule has 0 unspecified atom stereocenters. The van der Waals surface area contributed by atoms with E-state index in [0.717, 1.165) is 0 Å². The Morgan fingerprint density at radius 1 is 1.40 bits per heavy atom. The van der Waals surface area contributed by atoms with Crippen LogP contribution >= 0.6 is 0 Å². The predicted octanol–water partition coefficient (Wildman–Crippen LogP) is 2.71. The topological polar surface area (TPSA) is 38.8 Å². The molecule has 0 N–H and O–H groups in total. The van der Waals surface area contributed by atoms with Gasteiger partial charge in [-0.1, -0.05) is 0 Å². The Kier molecular flexibility index (Phi) is 3.56. The quantitative estimate of drug-likeness (QED) is 0.697. The minimum atomic E-state index is -4.97. The third-order valence-electron chi connectivity index (χ3n) is 3.31. The van der Waals surface area contributed by atoms with Crippen molar-refractivity contribution >= 4 is 13.1 Å². The van der Waals surface area contributed by atoms with Crippen molar-refractivity contribution in [1.82, 2.24) is 4.90 Å². The summed E-state index contributed by atoms with van der Waals surface area (Å²) in [6.07, 6.45) is 0.917. The maximum atomic E-state index is 12.5. The van der Waals surface area contributed by atoms with E-state index in [9.17, 15) is 17.7 Å². The van der Waals surface area contributed by atoms with Crippen molar-refractivity contribution in [1.29, 1.82) is 0 Å². The first-order valence-corrected chi connectivity index (χ1v) is 6.52. The van der Waals surface area contributed by atoms with Gasteiger partial charge in [0.25, 0.3) is 0 Å². The van der Waals surface area contributed by atoms with Crippen LogP contribution in [0.1, 0.15) is 27.2 Å². The van der Waals surface area contributed by atoms with Crippen LogP contribution in [-0.2, 0) is 9.47 Å². The molecule has 8 heteroatoms. The number of carbonyl (C=O) groups excluding carboxylic acids is 1. The van der Waals surface area contributed by atoms with Crippen LogP contribution in [0.25, 0.3) is 0 Å². The van der Waals surface area contributed by atoms with Gasteiger partial charge in [0.15, 0.2) is 0 Å². The molecule has 0 aliphatic carbocycles. The molecule has 2 aliphatic heterocycles. The van der Waals surface area contributed by atoms with E-state index in [4.69, 9.17) is 9.47 Å². The highest BCUT2D eigenvalue weighted by molar-refractivity contribution is 6.66. The Balaban J connectivity index is 1.88. The van der Waals surface area contributed by atoms with Crippen molar-refractivity contribution in [2.45, 2.75) is 38.4 Å². The van der Waals surface area contributed by atoms with Gasteiger partial charge in [-0.3, -0.25) is 0 Å². The van der Waals surface area contributed by atoms with Gasteiger partial charge in [0.2, 0.25) is 0 Å². The van der Waals surface area contributed by atoms with Gasteiger partial charge in [0.05, 0.1) is 13.1 Å². The van der Waals surface area contributed by atoms with E-state index in [1.54, 1.807) is 20.8 Å². The van der Waals surface area contributed by atoms with E-state index in [0.29, 0.717) is 0 Å². The Bertz CT molecular complexity index is 436. The van der Waals surface area contributed by atoms with Crippen LogP contribution in [-0.4, -0.2) is 48.9 Å². The van der Waals surface area contributed by atoms with E-state index < -0.39 is 36.4 Å². The number of halogens is 3. The molecule has 2 heterocycles. The Hall–Kier alpha value is -1.18. The van der Waals surface area contributed by atoms with E-state index in [1.807, 2.05) is 0 Å². The summed E-state index contributed by atoms with van der Waals surface area (Å²) in [7, 11) is 0. The van der Waals surface area contributed by atoms with Crippen LogP contribution in [0.3, 0.4) is 0 Å². The zero-order valence-corrected chi connectivity index (χ0v) is 11.8. The molecule has 0 radical (unpaired) electrons. The number of likely N-dealkylation sites (tertiary alicyclic amines) is 1. The Morgan fingerprint density at radius 3 is 2.40 bits per heavy atom. The van der Waals surface area contributed by atoms with Crippen LogP contribution < -0.4 is 0 Å². The lowest BCUT2D eigenvalue weighted by Gasteiger charge is -2.51. The van der Waals surface area contributed by atoms with Gasteiger partial charge in [-0.25, -0.2) is 4.79 Å². The molecule has 4 nitrogen and oxygen atoms in total. The van der Waals surface area contributed by atoms with Crippen molar-refractivity contribution < 1.29 is 27.2 Å². The molecule has 1 fully saturated rings. The lowest BCUT2D eigenvalue weighted by Crippen LogP contribution is -2.66. The van der Waals surface area contributed by atoms with Crippen LogP contribution in [0.5, 0.6) is 0 Å². The predicted molar refractivity (Wildman–Crippen MR) is 68.3 cm³/mol. The normalized spacial score (nSPS) is 22.3. The molecule has 0 aromatic rings. The van der Waals surface area contributed by atoms with Crippen molar-refractivity contribution in [3.05, 3.63) is 11.5 Å². The smallest absolute Gasteiger partial charge is 0.445 e. The van der Waals surface area contributed by atoms with Crippen LogP contribution in [0.15, 0.2) is 11.5 Å². The highest BCUT2D eigenvalue weighted by atomic mass is 19.4. The first-order chi connectivity index (χ1) is 9.01. The van der Waals surface area contributed by atoms with Crippen LogP contribution in [0.4, 0.5) is 17.7 Å². The average Bonchev–Trinajstić information content (AvgIpc) is 2.22. The van der Waals surface area contributed by atoms with Gasteiger partial charge in [-0.15, -0.1) is 11.5 Å². The number of amides is 1. The Morgan fingerprint density at radius 2 is 2.00 bits per heavy atom. The SMILES string of the molecule is CC(C)(C)OC(=O)N1CC2(CC=C([B-](F)(F)F)CO2)C1. The van der Waals surface area contributed by atoms with E-state index in [1.165, 1.54) is 11.0 Å². The number of carbonyl (C=O) groups is 1. The first-order valence-electron chi connectivity index (χ1n) is 6.52. The van der Waals surface area contributed by atoms with Gasteiger partial charge in [0, 0.05) is 6.61 Å². The minimum Gasteiger partial charge on any atom is -0.445 e. The van der Waals surface area contributed by atoms with Crippen LogP contribution in [0, 0.1) is 0 Å². The summed E-state index contributed by atoms with van der Waals surface area (Å²) in [4.78, 5) is 13.2. The average molecular weight is 292 g/mol. The minimum absolute atomic E-state index is 0.183. The van der Waals surface area contributed by atoms with E-state index in [2.05, 4.69) is 0 Å². The highest BCUT2D eigenvalue weighted by Gasteiger charge is 2.49. The standard InChI is InChI=1S/C12H18BF3NO3/c1-11(2,3)20-10(18)17-7-12(8-17)5-4-9(6-19-12)13(14,15)16/h4H,5-8H2,1-3H3/q-1. The summed E-state index contributed by atoms with van der Waals surface area (Å²) in [5, 5.41) is 0. The largest absolute Gasteiger partial charge is 0.507 e. The fraction of sp³-hybridized carbons (Fsp3) is 0.750. The van der Waals surface area contributed by atoms with E-state index in [-0.39, 0.29) is 19.5 Å². The number of hydrogen-bond donors (Lipinski definition) is 0. The summed E-state index contributed by atoms with van der Waals surface area (Å²) >= 11 is 0. The van der Waals surface area contributed by atoms with Crippen molar-refractivity contribution in [3.63, 3.8) is 0 Å². The van der Waals surface area contributed by atoms with Crippen molar-refractivity contribution in [2.24, 2.45) is 0 Å². The second kappa shape index (κ2) is 4.68. The third kappa shape index (κ3) is 3.28. The lowest BCUT2D eigenvalue weighted by atomic mass is 9.75. The molecule has 0 atom stereocenters. The third-order valence-corrected chi connectivity index (χ3v) is 3.31. The molecule has 114 valence electrons. The molecule has 0 bridgehead atoms. The molecule has 0 aromatic carbocycles. The molecule has 1 spiro atoms. The zero-order valence-electron chi connectivity index (χ0n) is 11.8. The molecule has 2 aliphatic rings. The summed E-state index contributed by atoms with van der Waals surface area (Å²) < 4.78 is 48.1. The summed E-state index contributed by atoms with van der Waals surface area (Å²) in [5.74, 6) is 0. The number of rotatable bonds is 1. The number of ether oxygens (including phenoxy) is 2. The van der Waals surface area contributed by atoms with Gasteiger partial charge in [-0.2, -0.15) is 0 Å². The molecule has 2 rings (SSSR count). The lowest BCUT2D eigenvalue weighted by molar-refractivity contribution is -0.136. The van der Waals surface area contributed by atoms with Gasteiger partial charge in [0.1, 0.15) is 11.2 Å². The molecule has 0 saturated carbocycles. The molecular formula is C12H18BF3NO3-. The number of hydrogen-bond acceptors (Lipinski definition) is 3. The number of nitrogens with zero attached hydrogens (tertiary/aromatic N) is 1. The molecular weight excluding hydrogens is 274 g/mol. The first kappa shape index (κ1) is 15.2. The summed E-state index contributed by atoms with van der Waals surface area (Å²) in [6.45, 7) is 0.438. The Labute approximate surface area is 116 Å². The zero-order chi connectivity index (χ0) is 15.2. The maximum Gasteiger partial charge on any atom is 0.507 e. The monoisotopic (exact) mass is 292 g/mol. The molecule has 1 saturated heterocycles. The molecule has 20 heavy (non-hydrogen) atoms. The fourth-order valence-corrected chi connectivity index (χ4v) is 2.22. The van der Waals surface area contributed by atoms with Gasteiger partial charge < -0.3 is 27.3 Å². The molecule has 1 amide bonds. The van der Waals surface area contributed by atoms with Gasteiger partial charge in [-0.05, 0) is 27.2 Å². The second-order valence-electron chi connectivity index (χ2n) is 6.37. The second-order valence-corrected chi connectivity index (χ2v) is 6.37. The maximum absolute atomic E-state index is 12.5. The summed E-state index contributed by atoms with van der Waals surface area (Å²) in [6, 6.07) is 0. The van der Waals surface area contributed by atoms with E-state index >= 15 is 0 Å². The summed E-state index contributed by atoms with van der Waals surface area (Å²) in [5.41, 5.74) is -1.84. The van der Waals surface area contributed by atoms with Crippen molar-refractivity contribution in [2.75, 3.05) is 19.7 Å². The molecule has 0 aromatic heterocycles.